The lowest BCUT2D eigenvalue weighted by Gasteiger charge is -2.20. The van der Waals surface area contributed by atoms with Crippen LogP contribution in [0, 0.1) is 18.8 Å². The van der Waals surface area contributed by atoms with Crippen molar-refractivity contribution >= 4 is 17.6 Å². The fourth-order valence-corrected chi connectivity index (χ4v) is 5.37. The summed E-state index contributed by atoms with van der Waals surface area (Å²) in [7, 11) is 0. The zero-order valence-corrected chi connectivity index (χ0v) is 19.2. The molecule has 3 heterocycles. The summed E-state index contributed by atoms with van der Waals surface area (Å²) in [5.41, 5.74) is 11.8. The number of fused-ring (bicyclic) bond motifs is 2. The minimum Gasteiger partial charge on any atom is -0.384 e. The molecule has 6 rings (SSSR count). The summed E-state index contributed by atoms with van der Waals surface area (Å²) in [4.78, 5) is 31.5. The van der Waals surface area contributed by atoms with Gasteiger partial charge in [0.25, 0.3) is 5.91 Å². The summed E-state index contributed by atoms with van der Waals surface area (Å²) < 4.78 is 1.78. The van der Waals surface area contributed by atoms with E-state index in [2.05, 4.69) is 40.5 Å². The Balaban J connectivity index is 1.09. The number of benzene rings is 1. The van der Waals surface area contributed by atoms with Gasteiger partial charge in [-0.2, -0.15) is 5.10 Å². The second-order valence-electron chi connectivity index (χ2n) is 9.85. The third-order valence-corrected chi connectivity index (χ3v) is 7.40. The molecule has 1 saturated carbocycles. The van der Waals surface area contributed by atoms with E-state index in [1.807, 2.05) is 11.0 Å². The highest BCUT2D eigenvalue weighted by Gasteiger charge is 2.51. The quantitative estimate of drug-likeness (QED) is 0.593. The molecule has 2 unspecified atom stereocenters. The molecule has 0 radical (unpaired) electrons. The van der Waals surface area contributed by atoms with Crippen molar-refractivity contribution in [3.63, 3.8) is 0 Å². The molecule has 2 amide bonds. The Labute approximate surface area is 198 Å². The number of nitrogens with one attached hydrogen (secondary N) is 1. The van der Waals surface area contributed by atoms with Crippen LogP contribution in [0.2, 0.25) is 0 Å². The van der Waals surface area contributed by atoms with Gasteiger partial charge in [0.2, 0.25) is 5.91 Å². The number of pyridine rings is 1. The molecule has 2 aromatic heterocycles. The van der Waals surface area contributed by atoms with Gasteiger partial charge >= 0.3 is 0 Å². The number of nitrogens with two attached hydrogens (primary N) is 1. The molecule has 2 fully saturated rings. The van der Waals surface area contributed by atoms with Crippen LogP contribution in [0.1, 0.15) is 57.2 Å². The van der Waals surface area contributed by atoms with E-state index in [1.54, 1.807) is 23.1 Å². The highest BCUT2D eigenvalue weighted by Crippen LogP contribution is 2.46. The molecule has 34 heavy (non-hydrogen) atoms. The molecule has 1 aliphatic heterocycles. The van der Waals surface area contributed by atoms with Gasteiger partial charge in [-0.15, -0.1) is 0 Å². The van der Waals surface area contributed by atoms with E-state index < -0.39 is 0 Å². The second-order valence-corrected chi connectivity index (χ2v) is 9.85. The maximum atomic E-state index is 12.8. The number of piperidine rings is 1. The Kier molecular flexibility index (Phi) is 4.90. The second kappa shape index (κ2) is 7.97. The number of aromatic nitrogens is 3. The first-order chi connectivity index (χ1) is 16.4. The van der Waals surface area contributed by atoms with Crippen LogP contribution in [0.3, 0.4) is 0 Å². The molecule has 8 heteroatoms. The number of carbonyl (C=O) groups excluding carboxylic acids is 2. The number of nitrogen functional groups attached to an aromatic ring is 1. The van der Waals surface area contributed by atoms with Gasteiger partial charge in [-0.3, -0.25) is 14.3 Å². The topological polar surface area (TPSA) is 106 Å². The average Bonchev–Trinajstić information content (AvgIpc) is 3.10. The van der Waals surface area contributed by atoms with E-state index in [0.29, 0.717) is 42.2 Å². The first-order valence-electron chi connectivity index (χ1n) is 11.9. The van der Waals surface area contributed by atoms with Crippen LogP contribution in [0.15, 0.2) is 42.7 Å². The van der Waals surface area contributed by atoms with Gasteiger partial charge in [-0.05, 0) is 60.4 Å². The Bertz CT molecular complexity index is 1300. The number of hydrogen-bond donors (Lipinski definition) is 2. The Morgan fingerprint density at radius 2 is 2.12 bits per heavy atom. The molecule has 0 spiro atoms. The van der Waals surface area contributed by atoms with Gasteiger partial charge in [-0.1, -0.05) is 24.3 Å². The zero-order chi connectivity index (χ0) is 23.4. The summed E-state index contributed by atoms with van der Waals surface area (Å²) >= 11 is 0. The van der Waals surface area contributed by atoms with E-state index in [-0.39, 0.29) is 11.9 Å². The zero-order valence-electron chi connectivity index (χ0n) is 19.2. The highest BCUT2D eigenvalue weighted by molar-refractivity contribution is 5.94. The monoisotopic (exact) mass is 456 g/mol. The minimum absolute atomic E-state index is 0.0532. The van der Waals surface area contributed by atoms with Gasteiger partial charge in [0.15, 0.2) is 0 Å². The fourth-order valence-electron chi connectivity index (χ4n) is 5.37. The van der Waals surface area contributed by atoms with E-state index in [9.17, 15) is 9.59 Å². The number of anilines is 1. The minimum atomic E-state index is -0.138. The van der Waals surface area contributed by atoms with Gasteiger partial charge in [0.1, 0.15) is 5.82 Å². The Morgan fingerprint density at radius 1 is 1.24 bits per heavy atom. The van der Waals surface area contributed by atoms with Crippen LogP contribution < -0.4 is 11.1 Å². The molecule has 0 bridgehead atoms. The molecule has 3 aromatic rings. The third kappa shape index (κ3) is 3.83. The molecule has 174 valence electrons. The van der Waals surface area contributed by atoms with Crippen LogP contribution in [0.5, 0.6) is 0 Å². The third-order valence-electron chi connectivity index (χ3n) is 7.40. The largest absolute Gasteiger partial charge is 0.384 e. The van der Waals surface area contributed by atoms with Crippen LogP contribution in [-0.2, 0) is 24.3 Å². The number of aryl methyl sites for hydroxylation is 2. The van der Waals surface area contributed by atoms with E-state index >= 15 is 0 Å². The number of likely N-dealkylation sites (tertiary alicyclic amines) is 1. The summed E-state index contributed by atoms with van der Waals surface area (Å²) in [6, 6.07) is 10.0. The number of amides is 2. The van der Waals surface area contributed by atoms with Gasteiger partial charge in [0, 0.05) is 30.9 Å². The van der Waals surface area contributed by atoms with Gasteiger partial charge in [-0.25, -0.2) is 4.98 Å². The molecular formula is C26H28N6O2. The number of carbonyl (C=O) groups is 2. The first-order valence-corrected chi connectivity index (χ1v) is 11.9. The summed E-state index contributed by atoms with van der Waals surface area (Å²) in [6.45, 7) is 4.26. The van der Waals surface area contributed by atoms with E-state index in [0.717, 1.165) is 42.6 Å². The number of hydrogen-bond acceptors (Lipinski definition) is 5. The number of nitrogens with zero attached hydrogens (tertiary/aromatic N) is 4. The lowest BCUT2D eigenvalue weighted by Crippen LogP contribution is -2.28. The molecule has 1 aromatic carbocycles. The van der Waals surface area contributed by atoms with Crippen LogP contribution in [0.25, 0.3) is 0 Å². The van der Waals surface area contributed by atoms with Crippen LogP contribution in [0.4, 0.5) is 5.82 Å². The molecule has 1 saturated heterocycles. The smallest absolute Gasteiger partial charge is 0.254 e. The van der Waals surface area contributed by atoms with Crippen molar-refractivity contribution < 1.29 is 9.59 Å². The van der Waals surface area contributed by atoms with Crippen molar-refractivity contribution in [2.45, 2.75) is 45.3 Å². The molecule has 8 nitrogen and oxygen atoms in total. The molecule has 2 aliphatic carbocycles. The van der Waals surface area contributed by atoms with Crippen molar-refractivity contribution in [1.82, 2.24) is 25.0 Å². The summed E-state index contributed by atoms with van der Waals surface area (Å²) in [5, 5.41) is 7.50. The summed E-state index contributed by atoms with van der Waals surface area (Å²) in [6.07, 6.45) is 6.11. The van der Waals surface area contributed by atoms with E-state index in [4.69, 9.17) is 5.73 Å². The SMILES string of the molecule is Cc1cc(Cn2cc(C(=O)N[C@@H]3CCc4nc(N)ccc43)cn2)ccc1CN1CC2CC2C1=O. The van der Waals surface area contributed by atoms with Crippen LogP contribution in [-0.4, -0.2) is 38.0 Å². The normalized spacial score (nSPS) is 22.6. The lowest BCUT2D eigenvalue weighted by molar-refractivity contribution is -0.130. The summed E-state index contributed by atoms with van der Waals surface area (Å²) in [5.74, 6) is 1.58. The van der Waals surface area contributed by atoms with Crippen molar-refractivity contribution in [2.75, 3.05) is 12.3 Å². The molecule has 3 atom stereocenters. The molecule has 3 N–H and O–H groups in total. The standard InChI is InChI=1S/C26H28N6O2/c1-15-8-16(2-3-17(15)12-31-13-18-9-21(18)26(31)34)11-32-14-19(10-28-32)25(33)30-23-6-5-22-20(23)4-7-24(27)29-22/h2-4,7-8,10,14,18,21,23H,5-6,9,11-13H2,1H3,(H2,27,29)(H,30,33)/t18?,21?,23-/m1/s1. The van der Waals surface area contributed by atoms with Crippen molar-refractivity contribution in [3.05, 3.63) is 76.2 Å². The van der Waals surface area contributed by atoms with Crippen molar-refractivity contribution in [1.29, 1.82) is 0 Å². The Hall–Kier alpha value is -3.68. The molecular weight excluding hydrogens is 428 g/mol. The van der Waals surface area contributed by atoms with Gasteiger partial charge < -0.3 is 16.0 Å². The Morgan fingerprint density at radius 3 is 2.91 bits per heavy atom. The predicted molar refractivity (Wildman–Crippen MR) is 127 cm³/mol. The van der Waals surface area contributed by atoms with Gasteiger partial charge in [0.05, 0.1) is 24.3 Å². The lowest BCUT2D eigenvalue weighted by atomic mass is 10.0. The van der Waals surface area contributed by atoms with Crippen LogP contribution >= 0.6 is 0 Å². The number of rotatable bonds is 6. The maximum absolute atomic E-state index is 12.8. The maximum Gasteiger partial charge on any atom is 0.254 e. The first kappa shape index (κ1) is 20.9. The fraction of sp³-hybridized carbons (Fsp3) is 0.385. The highest BCUT2D eigenvalue weighted by atomic mass is 16.2. The van der Waals surface area contributed by atoms with E-state index in [1.165, 1.54) is 11.1 Å². The van der Waals surface area contributed by atoms with Crippen molar-refractivity contribution in [2.24, 2.45) is 11.8 Å². The molecule has 3 aliphatic rings. The predicted octanol–water partition coefficient (Wildman–Crippen LogP) is 2.61. The average molecular weight is 457 g/mol. The van der Waals surface area contributed by atoms with Crippen molar-refractivity contribution in [3.8, 4) is 0 Å².